The van der Waals surface area contributed by atoms with Gasteiger partial charge in [-0.2, -0.15) is 0 Å². The third kappa shape index (κ3) is 4.46. The second-order valence-electron chi connectivity index (χ2n) is 6.82. The summed E-state index contributed by atoms with van der Waals surface area (Å²) in [4.78, 5) is 9.49. The van der Waals surface area contributed by atoms with E-state index in [1.165, 1.54) is 15.3 Å². The lowest BCUT2D eigenvalue weighted by Crippen LogP contribution is -2.49. The van der Waals surface area contributed by atoms with Gasteiger partial charge in [-0.3, -0.25) is 4.90 Å². The fraction of sp³-hybridized carbons (Fsp3) is 0.333. The molecule has 2 aromatic carbocycles. The molecule has 0 amide bonds. The van der Waals surface area contributed by atoms with Gasteiger partial charge >= 0.3 is 0 Å². The van der Waals surface area contributed by atoms with Gasteiger partial charge in [0.2, 0.25) is 0 Å². The molecular weight excluding hydrogens is 372 g/mol. The topological polar surface area (TPSA) is 31.4 Å². The number of aryl methyl sites for hydroxylation is 1. The van der Waals surface area contributed by atoms with Crippen LogP contribution < -0.4 is 5.32 Å². The minimum absolute atomic E-state index is 0.822. The third-order valence-corrected chi connectivity index (χ3v) is 6.32. The molecule has 27 heavy (non-hydrogen) atoms. The lowest BCUT2D eigenvalue weighted by atomic mass is 10.1. The van der Waals surface area contributed by atoms with Crippen molar-refractivity contribution in [1.29, 1.82) is 0 Å². The van der Waals surface area contributed by atoms with Gasteiger partial charge in [0.1, 0.15) is 5.01 Å². The number of anilines is 1. The van der Waals surface area contributed by atoms with Gasteiger partial charge in [-0.25, -0.2) is 4.98 Å². The Balaban J connectivity index is 1.30. The summed E-state index contributed by atoms with van der Waals surface area (Å²) in [6.45, 7) is 7.00. The zero-order valence-corrected chi connectivity index (χ0v) is 17.2. The van der Waals surface area contributed by atoms with Gasteiger partial charge in [-0.05, 0) is 48.5 Å². The minimum Gasteiger partial charge on any atom is -0.346 e. The molecule has 0 spiro atoms. The maximum absolute atomic E-state index is 5.63. The van der Waals surface area contributed by atoms with Crippen LogP contribution in [0, 0.1) is 0 Å². The van der Waals surface area contributed by atoms with Crippen molar-refractivity contribution in [2.75, 3.05) is 31.5 Å². The Morgan fingerprint density at radius 2 is 1.93 bits per heavy atom. The van der Waals surface area contributed by atoms with Crippen LogP contribution in [-0.4, -0.2) is 46.1 Å². The zero-order chi connectivity index (χ0) is 18.6. The van der Waals surface area contributed by atoms with Gasteiger partial charge < -0.3 is 10.2 Å². The molecule has 6 heteroatoms. The lowest BCUT2D eigenvalue weighted by Gasteiger charge is -2.35. The molecule has 0 radical (unpaired) electrons. The van der Waals surface area contributed by atoms with Crippen molar-refractivity contribution in [2.45, 2.75) is 19.9 Å². The first-order valence-corrected chi connectivity index (χ1v) is 10.7. The van der Waals surface area contributed by atoms with Crippen LogP contribution >= 0.6 is 23.6 Å². The van der Waals surface area contributed by atoms with Gasteiger partial charge in [-0.1, -0.05) is 31.2 Å². The number of nitrogens with one attached hydrogen (secondary N) is 1. The molecule has 1 aliphatic rings. The van der Waals surface area contributed by atoms with Gasteiger partial charge in [0.05, 0.1) is 16.8 Å². The van der Waals surface area contributed by atoms with E-state index in [1.54, 1.807) is 11.3 Å². The number of nitrogens with zero attached hydrogens (tertiary/aromatic N) is 3. The highest BCUT2D eigenvalue weighted by atomic mass is 32.1. The first kappa shape index (κ1) is 18.3. The highest BCUT2D eigenvalue weighted by Gasteiger charge is 2.20. The number of piperazine rings is 1. The number of para-hydroxylation sites is 1. The molecule has 140 valence electrons. The number of hydrogen-bond donors (Lipinski definition) is 1. The van der Waals surface area contributed by atoms with Crippen LogP contribution in [0.15, 0.2) is 48.5 Å². The average molecular weight is 397 g/mol. The largest absolute Gasteiger partial charge is 0.346 e. The predicted octanol–water partition coefficient (Wildman–Crippen LogP) is 4.37. The summed E-state index contributed by atoms with van der Waals surface area (Å²) >= 11 is 7.43. The summed E-state index contributed by atoms with van der Waals surface area (Å²) in [6.07, 6.45) is 1.03. The van der Waals surface area contributed by atoms with Crippen LogP contribution in [0.4, 0.5) is 5.69 Å². The monoisotopic (exact) mass is 396 g/mol. The van der Waals surface area contributed by atoms with E-state index in [-0.39, 0.29) is 0 Å². The Labute approximate surface area is 169 Å². The Morgan fingerprint density at radius 1 is 1.11 bits per heavy atom. The van der Waals surface area contributed by atoms with Crippen LogP contribution in [0.2, 0.25) is 0 Å². The SMILES string of the molecule is CCc1cccc(NC(=S)N2CCN(Cc3nc4ccccc4s3)CC2)c1. The molecule has 1 aromatic heterocycles. The molecule has 1 N–H and O–H groups in total. The van der Waals surface area contributed by atoms with E-state index >= 15 is 0 Å². The molecule has 3 aromatic rings. The summed E-state index contributed by atoms with van der Waals surface area (Å²) < 4.78 is 1.27. The molecule has 0 bridgehead atoms. The summed E-state index contributed by atoms with van der Waals surface area (Å²) in [6, 6.07) is 16.8. The average Bonchev–Trinajstić information content (AvgIpc) is 3.11. The zero-order valence-electron chi connectivity index (χ0n) is 15.5. The van der Waals surface area contributed by atoms with E-state index in [9.17, 15) is 0 Å². The number of benzene rings is 2. The lowest BCUT2D eigenvalue weighted by molar-refractivity contribution is 0.177. The minimum atomic E-state index is 0.822. The summed E-state index contributed by atoms with van der Waals surface area (Å²) in [5.74, 6) is 0. The van der Waals surface area contributed by atoms with Crippen molar-refractivity contribution in [3.63, 3.8) is 0 Å². The quantitative estimate of drug-likeness (QED) is 0.662. The standard InChI is InChI=1S/C21H24N4S2/c1-2-16-6-5-7-17(14-16)22-21(26)25-12-10-24(11-13-25)15-20-23-18-8-3-4-9-19(18)27-20/h3-9,14H,2,10-13,15H2,1H3,(H,22,26). The molecular formula is C21H24N4S2. The number of fused-ring (bicyclic) bond motifs is 1. The van der Waals surface area contributed by atoms with E-state index in [4.69, 9.17) is 17.2 Å². The molecule has 0 aliphatic carbocycles. The second-order valence-corrected chi connectivity index (χ2v) is 8.32. The van der Waals surface area contributed by atoms with E-state index in [1.807, 2.05) is 0 Å². The first-order chi connectivity index (χ1) is 13.2. The highest BCUT2D eigenvalue weighted by Crippen LogP contribution is 2.23. The first-order valence-electron chi connectivity index (χ1n) is 9.43. The van der Waals surface area contributed by atoms with E-state index in [0.29, 0.717) is 0 Å². The Hall–Kier alpha value is -2.02. The van der Waals surface area contributed by atoms with Crippen LogP contribution in [0.3, 0.4) is 0 Å². The maximum Gasteiger partial charge on any atom is 0.173 e. The second kappa shape index (κ2) is 8.33. The van der Waals surface area contributed by atoms with Crippen molar-refractivity contribution in [3.05, 3.63) is 59.1 Å². The predicted molar refractivity (Wildman–Crippen MR) is 119 cm³/mol. The molecule has 2 heterocycles. The molecule has 1 aliphatic heterocycles. The van der Waals surface area contributed by atoms with Gasteiger partial charge in [0, 0.05) is 31.9 Å². The molecule has 0 atom stereocenters. The molecule has 4 rings (SSSR count). The summed E-state index contributed by atoms with van der Waals surface area (Å²) in [5, 5.41) is 5.42. The maximum atomic E-state index is 5.63. The number of hydrogen-bond acceptors (Lipinski definition) is 4. The molecule has 0 unspecified atom stereocenters. The summed E-state index contributed by atoms with van der Waals surface area (Å²) in [5.41, 5.74) is 3.51. The fourth-order valence-electron chi connectivity index (χ4n) is 3.36. The number of aromatic nitrogens is 1. The molecule has 1 saturated heterocycles. The van der Waals surface area contributed by atoms with Gasteiger partial charge in [0.25, 0.3) is 0 Å². The Bertz CT molecular complexity index is 896. The van der Waals surface area contributed by atoms with Crippen LogP contribution in [0.5, 0.6) is 0 Å². The van der Waals surface area contributed by atoms with Crippen LogP contribution in [0.1, 0.15) is 17.5 Å². The Kier molecular flexibility index (Phi) is 5.66. The van der Waals surface area contributed by atoms with Gasteiger partial charge in [0.15, 0.2) is 5.11 Å². The van der Waals surface area contributed by atoms with Crippen LogP contribution in [0.25, 0.3) is 10.2 Å². The van der Waals surface area contributed by atoms with E-state index in [0.717, 1.165) is 55.5 Å². The van der Waals surface area contributed by atoms with E-state index in [2.05, 4.69) is 70.6 Å². The fourth-order valence-corrected chi connectivity index (χ4v) is 4.67. The molecule has 0 saturated carbocycles. The smallest absolute Gasteiger partial charge is 0.173 e. The van der Waals surface area contributed by atoms with E-state index < -0.39 is 0 Å². The van der Waals surface area contributed by atoms with Crippen LogP contribution in [-0.2, 0) is 13.0 Å². The molecule has 1 fully saturated rings. The van der Waals surface area contributed by atoms with Crippen molar-refractivity contribution in [1.82, 2.24) is 14.8 Å². The Morgan fingerprint density at radius 3 is 2.70 bits per heavy atom. The number of rotatable bonds is 4. The van der Waals surface area contributed by atoms with Gasteiger partial charge in [-0.15, -0.1) is 11.3 Å². The van der Waals surface area contributed by atoms with Crippen molar-refractivity contribution < 1.29 is 0 Å². The van der Waals surface area contributed by atoms with Crippen molar-refractivity contribution in [3.8, 4) is 0 Å². The number of thiocarbonyl (C=S) groups is 1. The third-order valence-electron chi connectivity index (χ3n) is 4.94. The number of thiazole rings is 1. The van der Waals surface area contributed by atoms with Crippen molar-refractivity contribution in [2.24, 2.45) is 0 Å². The molecule has 4 nitrogen and oxygen atoms in total. The normalized spacial score (nSPS) is 15.2. The highest BCUT2D eigenvalue weighted by molar-refractivity contribution is 7.80. The summed E-state index contributed by atoms with van der Waals surface area (Å²) in [7, 11) is 0. The van der Waals surface area contributed by atoms with Crippen molar-refractivity contribution >= 4 is 44.6 Å².